The van der Waals surface area contributed by atoms with Gasteiger partial charge in [-0.25, -0.2) is 0 Å². The van der Waals surface area contributed by atoms with Crippen LogP contribution in [0.1, 0.15) is 0 Å². The average Bonchev–Trinajstić information content (AvgIpc) is 3.35. The van der Waals surface area contributed by atoms with Crippen LogP contribution in [0.4, 0.5) is 0 Å². The largest absolute Gasteiger partial charge is 0.309 e. The molecule has 8 aromatic carbocycles. The summed E-state index contributed by atoms with van der Waals surface area (Å²) in [5.74, 6) is 0. The molecule has 9 aromatic rings. The molecule has 0 saturated heterocycles. The highest BCUT2D eigenvalue weighted by Crippen LogP contribution is 2.44. The van der Waals surface area contributed by atoms with Gasteiger partial charge in [0.25, 0.3) is 0 Å². The van der Waals surface area contributed by atoms with E-state index < -0.39 is 0 Å². The predicted octanol–water partition coefficient (Wildman–Crippen LogP) is 10.5. The number of rotatable bonds is 1. The van der Waals surface area contributed by atoms with Crippen LogP contribution in [-0.2, 0) is 0 Å². The van der Waals surface area contributed by atoms with Crippen LogP contribution in [0.25, 0.3) is 81.4 Å². The lowest BCUT2D eigenvalue weighted by Crippen LogP contribution is -1.95. The van der Waals surface area contributed by atoms with E-state index in [9.17, 15) is 0 Å². The first-order chi connectivity index (χ1) is 19.4. The molecule has 180 valence electrons. The second-order valence-electron chi connectivity index (χ2n) is 10.5. The number of hydrogen-bond acceptors (Lipinski definition) is 0. The van der Waals surface area contributed by atoms with E-state index in [1.807, 2.05) is 0 Å². The minimum atomic E-state index is 1.19. The summed E-state index contributed by atoms with van der Waals surface area (Å²) in [7, 11) is 0. The van der Waals surface area contributed by atoms with Crippen molar-refractivity contribution in [2.24, 2.45) is 0 Å². The molecule has 0 N–H and O–H groups in total. The maximum Gasteiger partial charge on any atom is 0.0541 e. The Balaban J connectivity index is 1.55. The maximum atomic E-state index is 2.42. The summed E-state index contributed by atoms with van der Waals surface area (Å²) in [6, 6.07) is 51.2. The third-order valence-electron chi connectivity index (χ3n) is 8.53. The summed E-state index contributed by atoms with van der Waals surface area (Å²) in [5.41, 5.74) is 3.66. The molecule has 1 aromatic heterocycles. The van der Waals surface area contributed by atoms with E-state index in [2.05, 4.69) is 144 Å². The Morgan fingerprint density at radius 3 is 1.13 bits per heavy atom. The molecule has 0 saturated carbocycles. The SMILES string of the molecule is c1ccc2c(c1)c1ccccc1c1c3cc(-n4c5ccccc5c5ccccc54)ccc3c3ccccc3c21. The Bertz CT molecular complexity index is 2370. The van der Waals surface area contributed by atoms with E-state index in [-0.39, 0.29) is 0 Å². The topological polar surface area (TPSA) is 4.93 Å². The van der Waals surface area contributed by atoms with Gasteiger partial charge in [-0.3, -0.25) is 0 Å². The van der Waals surface area contributed by atoms with Crippen molar-refractivity contribution in [3.8, 4) is 5.69 Å². The highest BCUT2D eigenvalue weighted by atomic mass is 15.0. The summed E-state index contributed by atoms with van der Waals surface area (Å²) >= 11 is 0. The molecule has 0 aliphatic heterocycles. The van der Waals surface area contributed by atoms with Gasteiger partial charge in [-0.2, -0.15) is 0 Å². The molecule has 39 heavy (non-hydrogen) atoms. The first-order valence-corrected chi connectivity index (χ1v) is 13.5. The summed E-state index contributed by atoms with van der Waals surface area (Å²) in [5, 5.41) is 15.7. The molecule has 0 fully saturated rings. The third kappa shape index (κ3) is 2.74. The molecule has 0 aliphatic rings. The summed E-state index contributed by atoms with van der Waals surface area (Å²) in [6.07, 6.45) is 0. The van der Waals surface area contributed by atoms with Gasteiger partial charge in [-0.1, -0.05) is 115 Å². The van der Waals surface area contributed by atoms with Crippen molar-refractivity contribution in [2.75, 3.05) is 0 Å². The normalized spacial score (nSPS) is 12.1. The van der Waals surface area contributed by atoms with Crippen molar-refractivity contribution in [3.63, 3.8) is 0 Å². The van der Waals surface area contributed by atoms with E-state index in [0.717, 1.165) is 0 Å². The molecule has 1 heterocycles. The average molecular weight is 494 g/mol. The molecule has 0 unspecified atom stereocenters. The highest BCUT2D eigenvalue weighted by Gasteiger charge is 2.17. The smallest absolute Gasteiger partial charge is 0.0541 e. The number of nitrogens with zero attached hydrogens (tertiary/aromatic N) is 1. The van der Waals surface area contributed by atoms with Gasteiger partial charge >= 0.3 is 0 Å². The molecule has 0 bridgehead atoms. The zero-order chi connectivity index (χ0) is 25.5. The Morgan fingerprint density at radius 2 is 0.641 bits per heavy atom. The van der Waals surface area contributed by atoms with E-state index in [0.29, 0.717) is 0 Å². The minimum absolute atomic E-state index is 1.19. The van der Waals surface area contributed by atoms with Gasteiger partial charge in [0.1, 0.15) is 0 Å². The lowest BCUT2D eigenvalue weighted by molar-refractivity contribution is 1.19. The van der Waals surface area contributed by atoms with E-state index in [4.69, 9.17) is 0 Å². The molecule has 0 amide bonds. The molecule has 0 atom stereocenters. The number of benzene rings is 8. The van der Waals surface area contributed by atoms with E-state index in [1.165, 1.54) is 81.4 Å². The molecule has 1 nitrogen and oxygen atoms in total. The second-order valence-corrected chi connectivity index (χ2v) is 10.5. The molecule has 0 spiro atoms. The van der Waals surface area contributed by atoms with Crippen molar-refractivity contribution in [1.29, 1.82) is 0 Å². The van der Waals surface area contributed by atoms with Crippen LogP contribution in [-0.4, -0.2) is 4.57 Å². The summed E-state index contributed by atoms with van der Waals surface area (Å²) in [6.45, 7) is 0. The van der Waals surface area contributed by atoms with Gasteiger partial charge in [-0.15, -0.1) is 0 Å². The number of aromatic nitrogens is 1. The van der Waals surface area contributed by atoms with Crippen LogP contribution in [0, 0.1) is 0 Å². The fourth-order valence-corrected chi connectivity index (χ4v) is 6.95. The van der Waals surface area contributed by atoms with E-state index >= 15 is 0 Å². The molecule has 1 heteroatoms. The molecular weight excluding hydrogens is 470 g/mol. The van der Waals surface area contributed by atoms with Crippen molar-refractivity contribution in [3.05, 3.63) is 140 Å². The van der Waals surface area contributed by atoms with Gasteiger partial charge in [-0.05, 0) is 78.1 Å². The summed E-state index contributed by atoms with van der Waals surface area (Å²) in [4.78, 5) is 0. The van der Waals surface area contributed by atoms with Crippen LogP contribution >= 0.6 is 0 Å². The van der Waals surface area contributed by atoms with Crippen LogP contribution in [0.15, 0.2) is 140 Å². The zero-order valence-corrected chi connectivity index (χ0v) is 21.2. The second kappa shape index (κ2) is 7.69. The monoisotopic (exact) mass is 493 g/mol. The van der Waals surface area contributed by atoms with Crippen LogP contribution in [0.5, 0.6) is 0 Å². The molecule has 9 rings (SSSR count). The number of para-hydroxylation sites is 2. The first kappa shape index (κ1) is 20.9. The Morgan fingerprint density at radius 1 is 0.282 bits per heavy atom. The van der Waals surface area contributed by atoms with Crippen molar-refractivity contribution < 1.29 is 0 Å². The van der Waals surface area contributed by atoms with Crippen molar-refractivity contribution in [2.45, 2.75) is 0 Å². The van der Waals surface area contributed by atoms with Crippen LogP contribution < -0.4 is 0 Å². The van der Waals surface area contributed by atoms with E-state index in [1.54, 1.807) is 0 Å². The third-order valence-corrected chi connectivity index (χ3v) is 8.53. The fraction of sp³-hybridized carbons (Fsp3) is 0. The van der Waals surface area contributed by atoms with Gasteiger partial charge in [0.2, 0.25) is 0 Å². The van der Waals surface area contributed by atoms with Crippen LogP contribution in [0.2, 0.25) is 0 Å². The molecule has 0 aliphatic carbocycles. The highest BCUT2D eigenvalue weighted by molar-refractivity contribution is 6.39. The Labute approximate surface area is 225 Å². The van der Waals surface area contributed by atoms with Gasteiger partial charge in [0.05, 0.1) is 11.0 Å². The summed E-state index contributed by atoms with van der Waals surface area (Å²) < 4.78 is 2.42. The Kier molecular flexibility index (Phi) is 4.11. The number of hydrogen-bond donors (Lipinski definition) is 0. The van der Waals surface area contributed by atoms with Crippen molar-refractivity contribution >= 4 is 75.7 Å². The molecule has 0 radical (unpaired) electrons. The molecular formula is C38H23N. The number of fused-ring (bicyclic) bond motifs is 14. The van der Waals surface area contributed by atoms with Crippen LogP contribution in [0.3, 0.4) is 0 Å². The van der Waals surface area contributed by atoms with Gasteiger partial charge < -0.3 is 4.57 Å². The predicted molar refractivity (Wildman–Crippen MR) is 168 cm³/mol. The zero-order valence-electron chi connectivity index (χ0n) is 21.2. The Hall–Kier alpha value is -5.14. The van der Waals surface area contributed by atoms with Gasteiger partial charge in [0, 0.05) is 16.5 Å². The lowest BCUT2D eigenvalue weighted by Gasteiger charge is -2.17. The van der Waals surface area contributed by atoms with Gasteiger partial charge in [0.15, 0.2) is 0 Å². The fourth-order valence-electron chi connectivity index (χ4n) is 6.95. The standard InChI is InChI=1S/C38H23N/c1-4-16-31-25(11-1)26-12-2-6-18-33(26)38-34-23-24(21-22-28(34)27-13-3-5-17-32(27)37(31)38)39-35-19-9-7-14-29(35)30-15-8-10-20-36(30)39/h1-23H. The maximum absolute atomic E-state index is 2.42. The lowest BCUT2D eigenvalue weighted by atomic mass is 9.87. The quantitative estimate of drug-likeness (QED) is 0.200. The first-order valence-electron chi connectivity index (χ1n) is 13.5. The minimum Gasteiger partial charge on any atom is -0.309 e. The van der Waals surface area contributed by atoms with Crippen molar-refractivity contribution in [1.82, 2.24) is 4.57 Å².